The number of methoxy groups -OCH3 is 2. The van der Waals surface area contributed by atoms with E-state index >= 15 is 0 Å². The molecule has 0 atom stereocenters. The van der Waals surface area contributed by atoms with Crippen molar-refractivity contribution in [2.24, 2.45) is 0 Å². The molecule has 1 fully saturated rings. The molecule has 0 aliphatic carbocycles. The van der Waals surface area contributed by atoms with E-state index in [0.717, 1.165) is 10.5 Å². The predicted molar refractivity (Wildman–Crippen MR) is 140 cm³/mol. The van der Waals surface area contributed by atoms with E-state index in [2.05, 4.69) is 5.32 Å². The van der Waals surface area contributed by atoms with Gasteiger partial charge < -0.3 is 18.9 Å². The molecule has 10 heteroatoms. The number of benzene rings is 3. The highest BCUT2D eigenvalue weighted by Gasteiger charge is 2.35. The van der Waals surface area contributed by atoms with E-state index < -0.39 is 17.8 Å². The molecular formula is C28H25ClN2O7. The second kappa shape index (κ2) is 12.2. The average Bonchev–Trinajstić information content (AvgIpc) is 2.93. The van der Waals surface area contributed by atoms with Crippen molar-refractivity contribution in [2.75, 3.05) is 27.4 Å². The summed E-state index contributed by atoms with van der Waals surface area (Å²) in [6.45, 7) is 0.392. The van der Waals surface area contributed by atoms with Crippen molar-refractivity contribution in [1.29, 1.82) is 0 Å². The number of imide groups is 2. The standard InChI is InChI=1S/C28H25ClN2O7/c1-35-23-15-19(16-24(36-2)25(23)38-13-12-37-22-11-7-6-10-21(22)29)14-20-26(32)30-28(34)31(27(20)33)17-18-8-4-3-5-9-18/h3-11,14-16H,12-13,17H2,1-2H3,(H,30,32,34). The Kier molecular flexibility index (Phi) is 8.50. The molecule has 0 unspecified atom stereocenters. The number of nitrogens with one attached hydrogen (secondary N) is 1. The fraction of sp³-hybridized carbons (Fsp3) is 0.179. The first-order valence-electron chi connectivity index (χ1n) is 11.6. The Hall–Kier alpha value is -4.50. The molecule has 1 saturated heterocycles. The van der Waals surface area contributed by atoms with Gasteiger partial charge in [0, 0.05) is 0 Å². The molecule has 9 nitrogen and oxygen atoms in total. The van der Waals surface area contributed by atoms with Crippen LogP contribution < -0.4 is 24.3 Å². The molecule has 0 spiro atoms. The summed E-state index contributed by atoms with van der Waals surface area (Å²) in [5.41, 5.74) is 0.977. The van der Waals surface area contributed by atoms with Gasteiger partial charge in [-0.25, -0.2) is 4.79 Å². The first-order chi connectivity index (χ1) is 18.4. The third-order valence-corrected chi connectivity index (χ3v) is 5.90. The molecule has 1 aliphatic heterocycles. The number of hydrogen-bond donors (Lipinski definition) is 1. The number of amides is 4. The van der Waals surface area contributed by atoms with Crippen LogP contribution in [0.3, 0.4) is 0 Å². The first kappa shape index (κ1) is 26.6. The monoisotopic (exact) mass is 536 g/mol. The normalized spacial score (nSPS) is 14.3. The molecule has 4 amide bonds. The van der Waals surface area contributed by atoms with E-state index in [0.29, 0.717) is 33.6 Å². The quantitative estimate of drug-likeness (QED) is 0.231. The van der Waals surface area contributed by atoms with E-state index in [4.69, 9.17) is 30.5 Å². The maximum Gasteiger partial charge on any atom is 0.331 e. The lowest BCUT2D eigenvalue weighted by Gasteiger charge is -2.26. The Labute approximate surface area is 224 Å². The summed E-state index contributed by atoms with van der Waals surface area (Å²) in [4.78, 5) is 39.0. The number of para-hydroxylation sites is 1. The lowest BCUT2D eigenvalue weighted by atomic mass is 10.1. The second-order valence-electron chi connectivity index (χ2n) is 8.08. The Bertz CT molecular complexity index is 1350. The highest BCUT2D eigenvalue weighted by Crippen LogP contribution is 2.39. The number of hydrogen-bond acceptors (Lipinski definition) is 7. The van der Waals surface area contributed by atoms with E-state index in [1.54, 1.807) is 48.5 Å². The van der Waals surface area contributed by atoms with Crippen molar-refractivity contribution in [1.82, 2.24) is 10.2 Å². The number of urea groups is 1. The molecule has 196 valence electrons. The van der Waals surface area contributed by atoms with Crippen LogP contribution in [0.1, 0.15) is 11.1 Å². The van der Waals surface area contributed by atoms with Crippen molar-refractivity contribution in [2.45, 2.75) is 6.54 Å². The first-order valence-corrected chi connectivity index (χ1v) is 12.0. The molecule has 1 aliphatic rings. The molecular weight excluding hydrogens is 512 g/mol. The van der Waals surface area contributed by atoms with E-state index in [1.165, 1.54) is 20.3 Å². The Balaban J connectivity index is 1.53. The molecule has 0 radical (unpaired) electrons. The van der Waals surface area contributed by atoms with Gasteiger partial charge >= 0.3 is 6.03 Å². The fourth-order valence-corrected chi connectivity index (χ4v) is 3.94. The van der Waals surface area contributed by atoms with Gasteiger partial charge in [-0.3, -0.25) is 19.8 Å². The topological polar surface area (TPSA) is 103 Å². The SMILES string of the molecule is COc1cc(C=C2C(=O)NC(=O)N(Cc3ccccc3)C2=O)cc(OC)c1OCCOc1ccccc1Cl. The van der Waals surface area contributed by atoms with Gasteiger partial charge in [0.2, 0.25) is 5.75 Å². The summed E-state index contributed by atoms with van der Waals surface area (Å²) in [5, 5.41) is 2.71. The smallest absolute Gasteiger partial charge is 0.331 e. The van der Waals surface area contributed by atoms with E-state index in [9.17, 15) is 14.4 Å². The summed E-state index contributed by atoms with van der Waals surface area (Å²) in [5.74, 6) is -0.0179. The third kappa shape index (κ3) is 6.07. The molecule has 1 heterocycles. The van der Waals surface area contributed by atoms with E-state index in [1.807, 2.05) is 18.2 Å². The number of halogens is 1. The molecule has 0 bridgehead atoms. The Morgan fingerprint density at radius 3 is 2.13 bits per heavy atom. The maximum atomic E-state index is 13.1. The van der Waals surface area contributed by atoms with Gasteiger partial charge in [0.1, 0.15) is 24.5 Å². The van der Waals surface area contributed by atoms with Crippen LogP contribution in [-0.4, -0.2) is 50.2 Å². The zero-order valence-corrected chi connectivity index (χ0v) is 21.5. The summed E-state index contributed by atoms with van der Waals surface area (Å²) < 4.78 is 22.5. The van der Waals surface area contributed by atoms with Crippen molar-refractivity contribution in [3.05, 3.63) is 88.5 Å². The second-order valence-corrected chi connectivity index (χ2v) is 8.48. The van der Waals surface area contributed by atoms with Crippen LogP contribution in [0.4, 0.5) is 4.79 Å². The minimum atomic E-state index is -0.792. The number of carbonyl (C=O) groups excluding carboxylic acids is 3. The molecule has 0 aromatic heterocycles. The van der Waals surface area contributed by atoms with Crippen LogP contribution >= 0.6 is 11.6 Å². The van der Waals surface area contributed by atoms with Crippen molar-refractivity contribution in [3.63, 3.8) is 0 Å². The zero-order chi connectivity index (χ0) is 27.1. The lowest BCUT2D eigenvalue weighted by Crippen LogP contribution is -2.53. The highest BCUT2D eigenvalue weighted by atomic mass is 35.5. The van der Waals surface area contributed by atoms with Gasteiger partial charge in [0.15, 0.2) is 11.5 Å². The van der Waals surface area contributed by atoms with Crippen LogP contribution in [0.25, 0.3) is 6.08 Å². The molecule has 1 N–H and O–H groups in total. The Morgan fingerprint density at radius 1 is 0.842 bits per heavy atom. The van der Waals surface area contributed by atoms with Crippen molar-refractivity contribution in [3.8, 4) is 23.0 Å². The summed E-state index contributed by atoms with van der Waals surface area (Å²) in [7, 11) is 2.91. The molecule has 0 saturated carbocycles. The number of rotatable bonds is 10. The number of carbonyl (C=O) groups is 3. The fourth-order valence-electron chi connectivity index (χ4n) is 3.75. The van der Waals surface area contributed by atoms with Gasteiger partial charge in [-0.1, -0.05) is 54.1 Å². The lowest BCUT2D eigenvalue weighted by molar-refractivity contribution is -0.130. The van der Waals surface area contributed by atoms with Gasteiger partial charge in [0.25, 0.3) is 11.8 Å². The highest BCUT2D eigenvalue weighted by molar-refractivity contribution is 6.32. The average molecular weight is 537 g/mol. The number of ether oxygens (including phenoxy) is 4. The third-order valence-electron chi connectivity index (χ3n) is 5.59. The number of nitrogens with zero attached hydrogens (tertiary/aromatic N) is 1. The summed E-state index contributed by atoms with van der Waals surface area (Å²) in [6.07, 6.45) is 1.37. The van der Waals surface area contributed by atoms with Gasteiger partial charge in [0.05, 0.1) is 25.8 Å². The van der Waals surface area contributed by atoms with Gasteiger partial charge in [-0.05, 0) is 41.5 Å². The molecule has 4 rings (SSSR count). The summed E-state index contributed by atoms with van der Waals surface area (Å²) >= 11 is 6.11. The summed E-state index contributed by atoms with van der Waals surface area (Å²) in [6, 6.07) is 18.5. The van der Waals surface area contributed by atoms with Crippen LogP contribution in [-0.2, 0) is 16.1 Å². The van der Waals surface area contributed by atoms with Crippen LogP contribution in [0.15, 0.2) is 72.3 Å². The maximum absolute atomic E-state index is 13.1. The van der Waals surface area contributed by atoms with E-state index in [-0.39, 0.29) is 25.3 Å². The predicted octanol–water partition coefficient (Wildman–Crippen LogP) is 4.48. The van der Waals surface area contributed by atoms with Crippen molar-refractivity contribution >= 4 is 35.5 Å². The Morgan fingerprint density at radius 2 is 1.47 bits per heavy atom. The van der Waals surface area contributed by atoms with Crippen LogP contribution in [0.2, 0.25) is 5.02 Å². The molecule has 38 heavy (non-hydrogen) atoms. The largest absolute Gasteiger partial charge is 0.493 e. The molecule has 3 aromatic rings. The zero-order valence-electron chi connectivity index (χ0n) is 20.7. The minimum absolute atomic E-state index is 0.0197. The number of barbiturate groups is 1. The van der Waals surface area contributed by atoms with Gasteiger partial charge in [-0.15, -0.1) is 0 Å². The van der Waals surface area contributed by atoms with Crippen LogP contribution in [0.5, 0.6) is 23.0 Å². The molecule has 3 aromatic carbocycles. The minimum Gasteiger partial charge on any atom is -0.493 e. The van der Waals surface area contributed by atoms with Gasteiger partial charge in [-0.2, -0.15) is 0 Å². The van der Waals surface area contributed by atoms with Crippen molar-refractivity contribution < 1.29 is 33.3 Å². The van der Waals surface area contributed by atoms with Crippen LogP contribution in [0, 0.1) is 0 Å².